The van der Waals surface area contributed by atoms with Crippen LogP contribution in [0, 0.1) is 0 Å². The zero-order chi connectivity index (χ0) is 23.2. The number of hydrogen-bond acceptors (Lipinski definition) is 4. The topological polar surface area (TPSA) is 48.0 Å². The number of fused-ring (bicyclic) bond motifs is 1. The fraction of sp³-hybridized carbons (Fsp3) is 0.179. The number of rotatable bonds is 8. The van der Waals surface area contributed by atoms with E-state index >= 15 is 0 Å². The molecule has 0 fully saturated rings. The van der Waals surface area contributed by atoms with Gasteiger partial charge in [0.25, 0.3) is 5.91 Å². The summed E-state index contributed by atoms with van der Waals surface area (Å²) in [4.78, 5) is 15.5. The zero-order valence-electron chi connectivity index (χ0n) is 19.1. The van der Waals surface area contributed by atoms with Gasteiger partial charge in [-0.05, 0) is 52.2 Å². The fourth-order valence-electron chi connectivity index (χ4n) is 3.94. The maximum Gasteiger partial charge on any atom is 0.254 e. The summed E-state index contributed by atoms with van der Waals surface area (Å²) in [5.41, 5.74) is 2.65. The van der Waals surface area contributed by atoms with Crippen molar-refractivity contribution in [2.24, 2.45) is 0 Å². The number of methoxy groups -OCH3 is 3. The molecule has 0 saturated carbocycles. The number of benzene rings is 4. The number of amides is 1. The minimum absolute atomic E-state index is 0.0836. The molecule has 0 saturated heterocycles. The molecule has 4 rings (SSSR count). The highest BCUT2D eigenvalue weighted by atomic mass is 16.5. The normalized spacial score (nSPS) is 10.6. The molecule has 5 nitrogen and oxygen atoms in total. The molecule has 168 valence electrons. The van der Waals surface area contributed by atoms with Gasteiger partial charge >= 0.3 is 0 Å². The Morgan fingerprint density at radius 3 is 2.18 bits per heavy atom. The third-order valence-electron chi connectivity index (χ3n) is 5.69. The molecule has 0 unspecified atom stereocenters. The van der Waals surface area contributed by atoms with E-state index in [2.05, 4.69) is 24.3 Å². The third kappa shape index (κ3) is 4.93. The maximum absolute atomic E-state index is 13.7. The summed E-state index contributed by atoms with van der Waals surface area (Å²) in [7, 11) is 4.79. The maximum atomic E-state index is 13.7. The Balaban J connectivity index is 1.70. The van der Waals surface area contributed by atoms with Crippen molar-refractivity contribution in [3.63, 3.8) is 0 Å². The largest absolute Gasteiger partial charge is 0.497 e. The van der Waals surface area contributed by atoms with Gasteiger partial charge in [-0.15, -0.1) is 0 Å². The predicted molar refractivity (Wildman–Crippen MR) is 130 cm³/mol. The average molecular weight is 442 g/mol. The van der Waals surface area contributed by atoms with Gasteiger partial charge in [-0.2, -0.15) is 0 Å². The van der Waals surface area contributed by atoms with Crippen LogP contribution < -0.4 is 14.2 Å². The molecular formula is C28H27NO4. The number of carbonyl (C=O) groups is 1. The lowest BCUT2D eigenvalue weighted by Gasteiger charge is -2.24. The molecule has 0 N–H and O–H groups in total. The van der Waals surface area contributed by atoms with Gasteiger partial charge in [-0.3, -0.25) is 4.79 Å². The van der Waals surface area contributed by atoms with Gasteiger partial charge in [-0.25, -0.2) is 0 Å². The van der Waals surface area contributed by atoms with Crippen molar-refractivity contribution in [1.29, 1.82) is 0 Å². The molecule has 33 heavy (non-hydrogen) atoms. The Morgan fingerprint density at radius 2 is 1.45 bits per heavy atom. The van der Waals surface area contributed by atoms with E-state index in [-0.39, 0.29) is 5.91 Å². The summed E-state index contributed by atoms with van der Waals surface area (Å²) < 4.78 is 16.0. The van der Waals surface area contributed by atoms with Crippen LogP contribution in [0.5, 0.6) is 17.2 Å². The van der Waals surface area contributed by atoms with Crippen molar-refractivity contribution in [3.05, 3.63) is 102 Å². The van der Waals surface area contributed by atoms with Gasteiger partial charge < -0.3 is 19.1 Å². The summed E-state index contributed by atoms with van der Waals surface area (Å²) in [5.74, 6) is 1.81. The van der Waals surface area contributed by atoms with E-state index in [1.807, 2.05) is 47.4 Å². The Hall–Kier alpha value is -3.99. The molecule has 5 heteroatoms. The summed E-state index contributed by atoms with van der Waals surface area (Å²) in [5, 5.41) is 2.29. The highest BCUT2D eigenvalue weighted by Gasteiger charge is 2.20. The number of ether oxygens (including phenoxy) is 3. The Labute approximate surface area is 194 Å². The molecule has 0 heterocycles. The Morgan fingerprint density at radius 1 is 0.727 bits per heavy atom. The number of nitrogens with zero attached hydrogens (tertiary/aromatic N) is 1. The standard InChI is InChI=1S/C28H27NO4/c1-31-24-14-11-20(12-15-24)18-29(19-23-9-6-8-21-7-4-5-10-25(21)23)28(30)22-13-16-26(32-2)27(17-22)33-3/h4-17H,18-19H2,1-3H3. The minimum atomic E-state index is -0.0836. The van der Waals surface area contributed by atoms with E-state index in [4.69, 9.17) is 14.2 Å². The van der Waals surface area contributed by atoms with Gasteiger partial charge in [-0.1, -0.05) is 54.6 Å². The van der Waals surface area contributed by atoms with E-state index in [0.29, 0.717) is 30.2 Å². The van der Waals surface area contributed by atoms with Crippen LogP contribution in [0.25, 0.3) is 10.8 Å². The van der Waals surface area contributed by atoms with E-state index in [0.717, 1.165) is 27.6 Å². The van der Waals surface area contributed by atoms with Crippen molar-refractivity contribution >= 4 is 16.7 Å². The van der Waals surface area contributed by atoms with Crippen LogP contribution in [0.2, 0.25) is 0 Å². The lowest BCUT2D eigenvalue weighted by atomic mass is 10.0. The molecule has 4 aromatic rings. The quantitative estimate of drug-likeness (QED) is 0.351. The van der Waals surface area contributed by atoms with E-state index in [9.17, 15) is 4.79 Å². The van der Waals surface area contributed by atoms with Gasteiger partial charge in [0.1, 0.15) is 5.75 Å². The van der Waals surface area contributed by atoms with E-state index in [1.54, 1.807) is 39.5 Å². The molecule has 0 spiro atoms. The van der Waals surface area contributed by atoms with Crippen LogP contribution in [0.15, 0.2) is 84.9 Å². The molecule has 0 aromatic heterocycles. The first-order valence-corrected chi connectivity index (χ1v) is 10.7. The first-order valence-electron chi connectivity index (χ1n) is 10.7. The molecule has 0 radical (unpaired) electrons. The number of hydrogen-bond donors (Lipinski definition) is 0. The Kier molecular flexibility index (Phi) is 6.79. The number of carbonyl (C=O) groups excluding carboxylic acids is 1. The first-order chi connectivity index (χ1) is 16.1. The molecule has 0 aliphatic rings. The average Bonchev–Trinajstić information content (AvgIpc) is 2.88. The molecule has 0 aliphatic heterocycles. The highest BCUT2D eigenvalue weighted by Crippen LogP contribution is 2.29. The van der Waals surface area contributed by atoms with Crippen LogP contribution in [0.1, 0.15) is 21.5 Å². The van der Waals surface area contributed by atoms with Crippen LogP contribution >= 0.6 is 0 Å². The lowest BCUT2D eigenvalue weighted by Crippen LogP contribution is -2.30. The molecule has 0 bridgehead atoms. The molecule has 4 aromatic carbocycles. The van der Waals surface area contributed by atoms with Gasteiger partial charge in [0.05, 0.1) is 21.3 Å². The molecule has 0 atom stereocenters. The Bertz CT molecular complexity index is 1250. The first kappa shape index (κ1) is 22.2. The van der Waals surface area contributed by atoms with Crippen molar-refractivity contribution in [2.45, 2.75) is 13.1 Å². The van der Waals surface area contributed by atoms with Crippen LogP contribution in [0.4, 0.5) is 0 Å². The molecule has 1 amide bonds. The zero-order valence-corrected chi connectivity index (χ0v) is 19.1. The summed E-state index contributed by atoms with van der Waals surface area (Å²) >= 11 is 0. The minimum Gasteiger partial charge on any atom is -0.497 e. The van der Waals surface area contributed by atoms with Gasteiger partial charge in [0, 0.05) is 18.7 Å². The van der Waals surface area contributed by atoms with E-state index < -0.39 is 0 Å². The summed E-state index contributed by atoms with van der Waals surface area (Å²) in [6.45, 7) is 0.932. The smallest absolute Gasteiger partial charge is 0.254 e. The summed E-state index contributed by atoms with van der Waals surface area (Å²) in [6, 6.07) is 27.5. The second-order valence-electron chi connectivity index (χ2n) is 7.72. The lowest BCUT2D eigenvalue weighted by molar-refractivity contribution is 0.0730. The summed E-state index contributed by atoms with van der Waals surface area (Å²) in [6.07, 6.45) is 0. The highest BCUT2D eigenvalue weighted by molar-refractivity contribution is 5.95. The SMILES string of the molecule is COc1ccc(CN(Cc2cccc3ccccc23)C(=O)c2ccc(OC)c(OC)c2)cc1. The second kappa shape index (κ2) is 10.1. The van der Waals surface area contributed by atoms with Crippen molar-refractivity contribution < 1.29 is 19.0 Å². The fourth-order valence-corrected chi connectivity index (χ4v) is 3.94. The monoisotopic (exact) mass is 441 g/mol. The van der Waals surface area contributed by atoms with Crippen molar-refractivity contribution in [3.8, 4) is 17.2 Å². The molecule has 0 aliphatic carbocycles. The van der Waals surface area contributed by atoms with Crippen LogP contribution in [0.3, 0.4) is 0 Å². The molecular weight excluding hydrogens is 414 g/mol. The van der Waals surface area contributed by atoms with Crippen molar-refractivity contribution in [2.75, 3.05) is 21.3 Å². The van der Waals surface area contributed by atoms with E-state index in [1.165, 1.54) is 0 Å². The van der Waals surface area contributed by atoms with Crippen LogP contribution in [-0.4, -0.2) is 32.1 Å². The van der Waals surface area contributed by atoms with Gasteiger partial charge in [0.15, 0.2) is 11.5 Å². The van der Waals surface area contributed by atoms with Crippen molar-refractivity contribution in [1.82, 2.24) is 4.90 Å². The van der Waals surface area contributed by atoms with Gasteiger partial charge in [0.2, 0.25) is 0 Å². The third-order valence-corrected chi connectivity index (χ3v) is 5.69. The predicted octanol–water partition coefficient (Wildman–Crippen LogP) is 5.71. The van der Waals surface area contributed by atoms with Crippen LogP contribution in [-0.2, 0) is 13.1 Å². The second-order valence-corrected chi connectivity index (χ2v) is 7.72.